The number of hydrogen-bond acceptors (Lipinski definition) is 1. The van der Waals surface area contributed by atoms with Crippen molar-refractivity contribution in [2.24, 2.45) is 0 Å². The van der Waals surface area contributed by atoms with Gasteiger partial charge >= 0.3 is 0 Å². The molecule has 58 valence electrons. The summed E-state index contributed by atoms with van der Waals surface area (Å²) in [5.41, 5.74) is 1.17. The predicted octanol–water partition coefficient (Wildman–Crippen LogP) is 3.53. The zero-order valence-electron chi connectivity index (χ0n) is 6.61. The van der Waals surface area contributed by atoms with E-state index in [1.807, 2.05) is 26.8 Å². The van der Waals surface area contributed by atoms with E-state index in [9.17, 15) is 0 Å². The van der Waals surface area contributed by atoms with Gasteiger partial charge < -0.3 is 5.11 Å². The van der Waals surface area contributed by atoms with Gasteiger partial charge in [0.15, 0.2) is 0 Å². The molecule has 0 saturated heterocycles. The first-order chi connectivity index (χ1) is 4.57. The Kier molecular flexibility index (Phi) is 4.45. The van der Waals surface area contributed by atoms with Crippen LogP contribution in [-0.4, -0.2) is 5.11 Å². The van der Waals surface area contributed by atoms with Crippen LogP contribution in [0.4, 0.5) is 0 Å². The molecule has 0 aliphatic heterocycles. The van der Waals surface area contributed by atoms with Gasteiger partial charge in [0.1, 0.15) is 5.76 Å². The summed E-state index contributed by atoms with van der Waals surface area (Å²) in [4.78, 5) is 0. The molecular formula is C8H13BrO. The second-order valence-electron chi connectivity index (χ2n) is 2.37. The van der Waals surface area contributed by atoms with Crippen LogP contribution < -0.4 is 0 Å². The van der Waals surface area contributed by atoms with Crippen LogP contribution in [0, 0.1) is 0 Å². The van der Waals surface area contributed by atoms with Crippen LogP contribution in [0.15, 0.2) is 21.9 Å². The number of rotatable bonds is 2. The molecule has 0 aromatic rings. The van der Waals surface area contributed by atoms with Crippen molar-refractivity contribution < 1.29 is 5.11 Å². The highest BCUT2D eigenvalue weighted by Crippen LogP contribution is 2.15. The lowest BCUT2D eigenvalue weighted by Gasteiger charge is -1.96. The van der Waals surface area contributed by atoms with Crippen molar-refractivity contribution in [3.05, 3.63) is 21.9 Å². The molecule has 0 fully saturated rings. The van der Waals surface area contributed by atoms with Crippen molar-refractivity contribution in [2.75, 3.05) is 0 Å². The average Bonchev–Trinajstić information content (AvgIpc) is 1.85. The number of hydrogen-bond donors (Lipinski definition) is 1. The van der Waals surface area contributed by atoms with Crippen molar-refractivity contribution in [1.82, 2.24) is 0 Å². The van der Waals surface area contributed by atoms with Crippen LogP contribution in [0.5, 0.6) is 0 Å². The molecule has 1 N–H and O–H groups in total. The third-order valence-corrected chi connectivity index (χ3v) is 1.71. The molecule has 0 radical (unpaired) electrons. The summed E-state index contributed by atoms with van der Waals surface area (Å²) in [6.07, 6.45) is 2.57. The summed E-state index contributed by atoms with van der Waals surface area (Å²) >= 11 is 3.26. The molecule has 0 heterocycles. The minimum atomic E-state index is 0.404. The van der Waals surface area contributed by atoms with Crippen LogP contribution in [0.2, 0.25) is 0 Å². The highest BCUT2D eigenvalue weighted by atomic mass is 79.9. The first-order valence-electron chi connectivity index (χ1n) is 3.30. The number of allylic oxidation sites excluding steroid dienone is 4. The van der Waals surface area contributed by atoms with E-state index in [0.29, 0.717) is 12.2 Å². The molecule has 0 unspecified atom stereocenters. The lowest BCUT2D eigenvalue weighted by atomic mass is 10.3. The molecular weight excluding hydrogens is 192 g/mol. The lowest BCUT2D eigenvalue weighted by molar-refractivity contribution is 0.393. The van der Waals surface area contributed by atoms with Crippen LogP contribution in [0.25, 0.3) is 0 Å². The fourth-order valence-corrected chi connectivity index (χ4v) is 1.24. The standard InChI is InChI=1S/C8H13BrO/c1-4-8(10)7(9)5-6(2)3/h5,10H,4H2,1-3H3/b8-7-. The number of aliphatic hydroxyl groups is 1. The third-order valence-electron chi connectivity index (χ3n) is 1.03. The highest BCUT2D eigenvalue weighted by Gasteiger charge is 1.94. The Morgan fingerprint density at radius 2 is 2.00 bits per heavy atom. The molecule has 0 spiro atoms. The molecule has 0 rings (SSSR count). The van der Waals surface area contributed by atoms with Crippen LogP contribution in [0.1, 0.15) is 27.2 Å². The summed E-state index contributed by atoms with van der Waals surface area (Å²) in [7, 11) is 0. The van der Waals surface area contributed by atoms with Crippen molar-refractivity contribution >= 4 is 15.9 Å². The fourth-order valence-electron chi connectivity index (χ4n) is 0.506. The summed E-state index contributed by atoms with van der Waals surface area (Å²) in [6, 6.07) is 0. The molecule has 0 aromatic heterocycles. The monoisotopic (exact) mass is 204 g/mol. The van der Waals surface area contributed by atoms with Gasteiger partial charge in [-0.1, -0.05) is 12.5 Å². The van der Waals surface area contributed by atoms with E-state index < -0.39 is 0 Å². The van der Waals surface area contributed by atoms with E-state index in [2.05, 4.69) is 15.9 Å². The van der Waals surface area contributed by atoms with E-state index in [4.69, 9.17) is 5.11 Å². The second-order valence-corrected chi connectivity index (χ2v) is 3.22. The molecule has 0 bridgehead atoms. The first kappa shape index (κ1) is 9.76. The Hall–Kier alpha value is -0.240. The van der Waals surface area contributed by atoms with Gasteiger partial charge in [-0.25, -0.2) is 0 Å². The molecule has 1 nitrogen and oxygen atoms in total. The molecule has 0 aliphatic rings. The third kappa shape index (κ3) is 3.72. The fraction of sp³-hybridized carbons (Fsp3) is 0.500. The van der Waals surface area contributed by atoms with Gasteiger partial charge in [0.25, 0.3) is 0 Å². The van der Waals surface area contributed by atoms with Gasteiger partial charge in [0, 0.05) is 6.42 Å². The molecule has 0 aromatic carbocycles. The first-order valence-corrected chi connectivity index (χ1v) is 4.09. The van der Waals surface area contributed by atoms with E-state index in [1.165, 1.54) is 5.57 Å². The Morgan fingerprint density at radius 3 is 2.30 bits per heavy atom. The Morgan fingerprint density at radius 1 is 1.50 bits per heavy atom. The normalized spacial score (nSPS) is 12.4. The zero-order valence-corrected chi connectivity index (χ0v) is 8.20. The molecule has 0 amide bonds. The van der Waals surface area contributed by atoms with Crippen LogP contribution >= 0.6 is 15.9 Å². The predicted molar refractivity (Wildman–Crippen MR) is 48.3 cm³/mol. The van der Waals surface area contributed by atoms with E-state index in [-0.39, 0.29) is 0 Å². The Balaban J connectivity index is 4.33. The minimum absolute atomic E-state index is 0.404. The number of halogens is 1. The summed E-state index contributed by atoms with van der Waals surface area (Å²) in [5.74, 6) is 0.404. The topological polar surface area (TPSA) is 20.2 Å². The maximum atomic E-state index is 9.16. The maximum absolute atomic E-state index is 9.16. The van der Waals surface area contributed by atoms with Crippen molar-refractivity contribution in [3.63, 3.8) is 0 Å². The quantitative estimate of drug-likeness (QED) is 0.540. The summed E-state index contributed by atoms with van der Waals surface area (Å²) in [5, 5.41) is 9.16. The minimum Gasteiger partial charge on any atom is -0.511 e. The second kappa shape index (κ2) is 4.56. The van der Waals surface area contributed by atoms with E-state index in [0.717, 1.165) is 4.48 Å². The Labute approximate surface area is 70.6 Å². The van der Waals surface area contributed by atoms with Gasteiger partial charge in [-0.3, -0.25) is 0 Å². The molecule has 10 heavy (non-hydrogen) atoms. The SMILES string of the molecule is CC/C(O)=C(/Br)C=C(C)C. The van der Waals surface area contributed by atoms with Crippen molar-refractivity contribution in [2.45, 2.75) is 27.2 Å². The van der Waals surface area contributed by atoms with Gasteiger partial charge in [-0.2, -0.15) is 0 Å². The molecule has 0 saturated carbocycles. The van der Waals surface area contributed by atoms with Crippen LogP contribution in [0.3, 0.4) is 0 Å². The zero-order chi connectivity index (χ0) is 8.15. The molecule has 0 atom stereocenters. The van der Waals surface area contributed by atoms with Crippen LogP contribution in [-0.2, 0) is 0 Å². The van der Waals surface area contributed by atoms with Gasteiger partial charge in [0.05, 0.1) is 4.48 Å². The van der Waals surface area contributed by atoms with Gasteiger partial charge in [-0.15, -0.1) is 0 Å². The highest BCUT2D eigenvalue weighted by molar-refractivity contribution is 9.11. The van der Waals surface area contributed by atoms with Gasteiger partial charge in [-0.05, 0) is 35.9 Å². The Bertz CT molecular complexity index is 164. The van der Waals surface area contributed by atoms with Crippen molar-refractivity contribution in [1.29, 1.82) is 0 Å². The van der Waals surface area contributed by atoms with E-state index >= 15 is 0 Å². The molecule has 0 aliphatic carbocycles. The number of aliphatic hydroxyl groups excluding tert-OH is 1. The van der Waals surface area contributed by atoms with Gasteiger partial charge in [0.2, 0.25) is 0 Å². The largest absolute Gasteiger partial charge is 0.511 e. The maximum Gasteiger partial charge on any atom is 0.106 e. The summed E-state index contributed by atoms with van der Waals surface area (Å²) in [6.45, 7) is 5.89. The smallest absolute Gasteiger partial charge is 0.106 e. The van der Waals surface area contributed by atoms with E-state index in [1.54, 1.807) is 0 Å². The average molecular weight is 205 g/mol. The lowest BCUT2D eigenvalue weighted by Crippen LogP contribution is -1.79. The van der Waals surface area contributed by atoms with Crippen molar-refractivity contribution in [3.8, 4) is 0 Å². The molecule has 2 heteroatoms. The summed E-state index contributed by atoms with van der Waals surface area (Å²) < 4.78 is 0.787.